The van der Waals surface area contributed by atoms with Gasteiger partial charge in [0.1, 0.15) is 5.75 Å². The molecule has 1 fully saturated rings. The Labute approximate surface area is 152 Å². The van der Waals surface area contributed by atoms with Crippen LogP contribution in [-0.2, 0) is 11.8 Å². The highest BCUT2D eigenvalue weighted by atomic mass is 79.9. The smallest absolute Gasteiger partial charge is 0.115 e. The van der Waals surface area contributed by atoms with Crippen LogP contribution < -0.4 is 0 Å². The summed E-state index contributed by atoms with van der Waals surface area (Å²) < 4.78 is 0. The van der Waals surface area contributed by atoms with Crippen molar-refractivity contribution in [1.82, 2.24) is 4.90 Å². The van der Waals surface area contributed by atoms with Gasteiger partial charge in [0.05, 0.1) is 0 Å². The molecular weight excluding hydrogens is 374 g/mol. The Balaban J connectivity index is 0.00000156. The molecule has 23 heavy (non-hydrogen) atoms. The van der Waals surface area contributed by atoms with E-state index in [-0.39, 0.29) is 22.4 Å². The molecule has 1 heterocycles. The number of aromatic hydroxyl groups is 1. The maximum Gasteiger partial charge on any atom is 0.115 e. The van der Waals surface area contributed by atoms with E-state index in [1.165, 1.54) is 16.7 Å². The second-order valence-corrected chi connectivity index (χ2v) is 7.06. The molecule has 0 saturated heterocycles. The molecule has 4 rings (SSSR count). The summed E-state index contributed by atoms with van der Waals surface area (Å²) in [7, 11) is 2.19. The van der Waals surface area contributed by atoms with Gasteiger partial charge in [-0.1, -0.05) is 35.9 Å². The fourth-order valence-corrected chi connectivity index (χ4v) is 4.46. The second-order valence-electron chi connectivity index (χ2n) is 6.65. The van der Waals surface area contributed by atoms with E-state index in [1.54, 1.807) is 6.07 Å². The summed E-state index contributed by atoms with van der Waals surface area (Å²) in [5.74, 6) is 0.356. The van der Waals surface area contributed by atoms with Crippen molar-refractivity contribution in [2.75, 3.05) is 13.6 Å². The summed E-state index contributed by atoms with van der Waals surface area (Å²) in [6.07, 6.45) is 3.35. The molecule has 2 nitrogen and oxygen atoms in total. The maximum absolute atomic E-state index is 9.96. The third kappa shape index (κ3) is 2.69. The number of halogens is 2. The van der Waals surface area contributed by atoms with Crippen molar-refractivity contribution in [1.29, 1.82) is 0 Å². The fraction of sp³-hybridized carbons (Fsp3) is 0.368. The standard InChI is InChI=1S/C19H20ClNO.BrH/c1-21-11-8-13-6-7-14(22)12-15(13)18(21)19(9-10-19)16-4-2-3-5-17(16)20;/h2-7,12,18,22H,8-11H2,1H3;1H. The average Bonchev–Trinajstić information content (AvgIpc) is 3.28. The second kappa shape index (κ2) is 6.12. The summed E-state index contributed by atoms with van der Waals surface area (Å²) >= 11 is 6.51. The van der Waals surface area contributed by atoms with Gasteiger partial charge < -0.3 is 5.11 Å². The zero-order valence-corrected chi connectivity index (χ0v) is 15.6. The van der Waals surface area contributed by atoms with E-state index in [4.69, 9.17) is 11.6 Å². The third-order valence-electron chi connectivity index (χ3n) is 5.32. The van der Waals surface area contributed by atoms with Crippen LogP contribution in [0, 0.1) is 0 Å². The van der Waals surface area contributed by atoms with Gasteiger partial charge in [-0.3, -0.25) is 4.90 Å². The number of phenolic OH excluding ortho intramolecular Hbond substituents is 1. The maximum atomic E-state index is 9.96. The van der Waals surface area contributed by atoms with Gasteiger partial charge in [0.15, 0.2) is 0 Å². The summed E-state index contributed by atoms with van der Waals surface area (Å²) in [6, 6.07) is 14.3. The van der Waals surface area contributed by atoms with Gasteiger partial charge in [0, 0.05) is 23.0 Å². The quantitative estimate of drug-likeness (QED) is 0.784. The summed E-state index contributed by atoms with van der Waals surface area (Å²) in [6.45, 7) is 1.05. The number of fused-ring (bicyclic) bond motifs is 1. The lowest BCUT2D eigenvalue weighted by Gasteiger charge is -2.40. The minimum atomic E-state index is 0. The summed E-state index contributed by atoms with van der Waals surface area (Å²) in [5.41, 5.74) is 3.98. The predicted molar refractivity (Wildman–Crippen MR) is 99.9 cm³/mol. The Bertz CT molecular complexity index is 729. The Morgan fingerprint density at radius 3 is 2.61 bits per heavy atom. The van der Waals surface area contributed by atoms with Gasteiger partial charge >= 0.3 is 0 Å². The number of rotatable bonds is 2. The van der Waals surface area contributed by atoms with E-state index in [1.807, 2.05) is 18.2 Å². The van der Waals surface area contributed by atoms with E-state index < -0.39 is 0 Å². The molecule has 1 aliphatic heterocycles. The Morgan fingerprint density at radius 2 is 1.91 bits per heavy atom. The molecule has 4 heteroatoms. The molecule has 2 aromatic carbocycles. The van der Waals surface area contributed by atoms with Crippen LogP contribution in [0.2, 0.25) is 5.02 Å². The number of phenols is 1. The van der Waals surface area contributed by atoms with Crippen molar-refractivity contribution in [3.8, 4) is 5.75 Å². The van der Waals surface area contributed by atoms with Crippen LogP contribution in [0.3, 0.4) is 0 Å². The number of hydrogen-bond donors (Lipinski definition) is 1. The van der Waals surface area contributed by atoms with Crippen LogP contribution in [0.15, 0.2) is 42.5 Å². The molecular formula is C19H21BrClNO. The van der Waals surface area contributed by atoms with Gasteiger partial charge in [-0.15, -0.1) is 17.0 Å². The van der Waals surface area contributed by atoms with Crippen LogP contribution in [0.4, 0.5) is 0 Å². The molecule has 0 bridgehead atoms. The minimum absolute atomic E-state index is 0. The molecule has 2 aliphatic rings. The monoisotopic (exact) mass is 393 g/mol. The zero-order valence-electron chi connectivity index (χ0n) is 13.1. The van der Waals surface area contributed by atoms with Gasteiger partial charge in [-0.05, 0) is 61.2 Å². The molecule has 122 valence electrons. The SMILES string of the molecule is Br.CN1CCc2ccc(O)cc2C1C1(c2ccccc2Cl)CC1. The van der Waals surface area contributed by atoms with E-state index in [0.717, 1.165) is 30.8 Å². The number of nitrogens with zero attached hydrogens (tertiary/aromatic N) is 1. The topological polar surface area (TPSA) is 23.5 Å². The van der Waals surface area contributed by atoms with Crippen LogP contribution in [-0.4, -0.2) is 23.6 Å². The van der Waals surface area contributed by atoms with Crippen LogP contribution in [0.25, 0.3) is 0 Å². The van der Waals surface area contributed by atoms with Crippen molar-refractivity contribution in [2.45, 2.75) is 30.7 Å². The predicted octanol–water partition coefficient (Wildman–Crippen LogP) is 4.88. The van der Waals surface area contributed by atoms with Crippen molar-refractivity contribution in [2.24, 2.45) is 0 Å². The lowest BCUT2D eigenvalue weighted by Crippen LogP contribution is -2.39. The zero-order chi connectivity index (χ0) is 15.3. The van der Waals surface area contributed by atoms with E-state index in [2.05, 4.69) is 30.1 Å². The first-order valence-corrected chi connectivity index (χ1v) is 8.27. The van der Waals surface area contributed by atoms with Crippen molar-refractivity contribution < 1.29 is 5.11 Å². The molecule has 1 atom stereocenters. The average molecular weight is 395 g/mol. The molecule has 1 unspecified atom stereocenters. The first kappa shape index (κ1) is 16.8. The summed E-state index contributed by atoms with van der Waals surface area (Å²) in [5, 5.41) is 10.8. The molecule has 2 aromatic rings. The lowest BCUT2D eigenvalue weighted by molar-refractivity contribution is 0.187. The Hall–Kier alpha value is -1.03. The highest BCUT2D eigenvalue weighted by molar-refractivity contribution is 8.93. The number of benzene rings is 2. The van der Waals surface area contributed by atoms with Crippen molar-refractivity contribution in [3.63, 3.8) is 0 Å². The third-order valence-corrected chi connectivity index (χ3v) is 5.65. The largest absolute Gasteiger partial charge is 0.508 e. The first-order valence-electron chi connectivity index (χ1n) is 7.89. The first-order chi connectivity index (χ1) is 10.6. The molecule has 1 N–H and O–H groups in total. The van der Waals surface area contributed by atoms with E-state index >= 15 is 0 Å². The lowest BCUT2D eigenvalue weighted by atomic mass is 9.78. The van der Waals surface area contributed by atoms with Crippen molar-refractivity contribution in [3.05, 3.63) is 64.2 Å². The van der Waals surface area contributed by atoms with Gasteiger partial charge in [-0.25, -0.2) is 0 Å². The van der Waals surface area contributed by atoms with Crippen LogP contribution >= 0.6 is 28.6 Å². The van der Waals surface area contributed by atoms with Gasteiger partial charge in [0.2, 0.25) is 0 Å². The fourth-order valence-electron chi connectivity index (χ4n) is 4.14. The number of hydrogen-bond acceptors (Lipinski definition) is 2. The Morgan fingerprint density at radius 1 is 1.17 bits per heavy atom. The normalized spacial score (nSPS) is 22.1. The molecule has 0 aromatic heterocycles. The van der Waals surface area contributed by atoms with Crippen LogP contribution in [0.5, 0.6) is 5.75 Å². The molecule has 1 aliphatic carbocycles. The van der Waals surface area contributed by atoms with Crippen LogP contribution in [0.1, 0.15) is 35.6 Å². The molecule has 1 saturated carbocycles. The van der Waals surface area contributed by atoms with Crippen molar-refractivity contribution >= 4 is 28.6 Å². The molecule has 0 radical (unpaired) electrons. The summed E-state index contributed by atoms with van der Waals surface area (Å²) in [4.78, 5) is 2.43. The Kier molecular flexibility index (Phi) is 4.47. The van der Waals surface area contributed by atoms with E-state index in [9.17, 15) is 5.11 Å². The van der Waals surface area contributed by atoms with Gasteiger partial charge in [-0.2, -0.15) is 0 Å². The molecule has 0 spiro atoms. The highest BCUT2D eigenvalue weighted by Gasteiger charge is 2.54. The highest BCUT2D eigenvalue weighted by Crippen LogP contribution is 2.61. The molecule has 0 amide bonds. The number of likely N-dealkylation sites (N-methyl/N-ethyl adjacent to an activating group) is 1. The minimum Gasteiger partial charge on any atom is -0.508 e. The van der Waals surface area contributed by atoms with Gasteiger partial charge in [0.25, 0.3) is 0 Å². The van der Waals surface area contributed by atoms with E-state index in [0.29, 0.717) is 11.8 Å².